The first-order chi connectivity index (χ1) is 10.7. The number of esters is 1. The van der Waals surface area contributed by atoms with Crippen LogP contribution in [0.4, 0.5) is 0 Å². The van der Waals surface area contributed by atoms with E-state index in [1.54, 1.807) is 31.2 Å². The highest BCUT2D eigenvalue weighted by molar-refractivity contribution is 14.1. The van der Waals surface area contributed by atoms with Crippen LogP contribution in [0.1, 0.15) is 20.8 Å². The predicted octanol–water partition coefficient (Wildman–Crippen LogP) is 1.69. The highest BCUT2D eigenvalue weighted by Gasteiger charge is 2.50. The third-order valence-electron chi connectivity index (χ3n) is 4.52. The van der Waals surface area contributed by atoms with E-state index in [0.717, 1.165) is 0 Å². The predicted molar refractivity (Wildman–Crippen MR) is 95.1 cm³/mol. The maximum absolute atomic E-state index is 12.8. The maximum atomic E-state index is 12.8. The lowest BCUT2D eigenvalue weighted by molar-refractivity contribution is -0.163. The van der Waals surface area contributed by atoms with Crippen LogP contribution in [-0.4, -0.2) is 24.4 Å². The molecular formula is C16H17IN2O4. The lowest BCUT2D eigenvalue weighted by Crippen LogP contribution is -2.62. The standard InChI is InChI=1S/C16H17IN2O4/c1-10(20)23-16(3)9-19-14(22)12-7-5-4-6-11(12)13(21)18(19)8-15(16,2)17/h4-7H,8-9H2,1-3H3/t15-,16-/m0/s1. The zero-order chi connectivity index (χ0) is 17.0. The van der Waals surface area contributed by atoms with Gasteiger partial charge in [-0.2, -0.15) is 0 Å². The van der Waals surface area contributed by atoms with Crippen molar-refractivity contribution in [3.63, 3.8) is 0 Å². The Morgan fingerprint density at radius 1 is 1.09 bits per heavy atom. The summed E-state index contributed by atoms with van der Waals surface area (Å²) in [5.41, 5.74) is -1.32. The van der Waals surface area contributed by atoms with Crippen LogP contribution in [0, 0.1) is 0 Å². The van der Waals surface area contributed by atoms with Crippen molar-refractivity contribution in [2.75, 3.05) is 0 Å². The van der Waals surface area contributed by atoms with Crippen molar-refractivity contribution in [3.8, 4) is 0 Å². The number of fused-ring (bicyclic) bond motifs is 2. The Hall–Kier alpha value is -1.64. The largest absolute Gasteiger partial charge is 0.456 e. The molecule has 1 aliphatic rings. The number of ether oxygens (including phenoxy) is 1. The van der Waals surface area contributed by atoms with Crippen molar-refractivity contribution in [2.24, 2.45) is 0 Å². The lowest BCUT2D eigenvalue weighted by atomic mass is 9.88. The molecule has 1 aromatic heterocycles. The van der Waals surface area contributed by atoms with Crippen molar-refractivity contribution in [1.82, 2.24) is 9.36 Å². The summed E-state index contributed by atoms with van der Waals surface area (Å²) in [6.45, 7) is 5.51. The summed E-state index contributed by atoms with van der Waals surface area (Å²) in [5, 5.41) is 0.799. The number of hydrogen-bond donors (Lipinski definition) is 0. The molecular weight excluding hydrogens is 411 g/mol. The fourth-order valence-electron chi connectivity index (χ4n) is 3.02. The molecule has 1 aromatic carbocycles. The molecule has 23 heavy (non-hydrogen) atoms. The Kier molecular flexibility index (Phi) is 3.66. The van der Waals surface area contributed by atoms with E-state index in [9.17, 15) is 14.4 Å². The maximum Gasteiger partial charge on any atom is 0.303 e. The van der Waals surface area contributed by atoms with E-state index >= 15 is 0 Å². The zero-order valence-electron chi connectivity index (χ0n) is 13.1. The summed E-state index contributed by atoms with van der Waals surface area (Å²) in [7, 11) is 0. The Bertz CT molecular complexity index is 928. The van der Waals surface area contributed by atoms with E-state index in [0.29, 0.717) is 10.8 Å². The molecule has 1 aliphatic heterocycles. The van der Waals surface area contributed by atoms with Crippen LogP contribution >= 0.6 is 22.6 Å². The summed E-state index contributed by atoms with van der Waals surface area (Å²) in [6.07, 6.45) is 0. The molecule has 0 unspecified atom stereocenters. The van der Waals surface area contributed by atoms with Gasteiger partial charge in [-0.3, -0.25) is 14.4 Å². The molecule has 2 aromatic rings. The summed E-state index contributed by atoms with van der Waals surface area (Å²) in [5.74, 6) is -0.403. The molecule has 0 aliphatic carbocycles. The smallest absolute Gasteiger partial charge is 0.303 e. The Morgan fingerprint density at radius 2 is 1.57 bits per heavy atom. The number of rotatable bonds is 1. The summed E-state index contributed by atoms with van der Waals surface area (Å²) in [6, 6.07) is 6.79. The molecule has 2 heterocycles. The molecule has 0 amide bonds. The van der Waals surface area contributed by atoms with Gasteiger partial charge in [-0.25, -0.2) is 9.36 Å². The molecule has 0 fully saturated rings. The first-order valence-electron chi connectivity index (χ1n) is 7.27. The van der Waals surface area contributed by atoms with Crippen LogP contribution in [0.15, 0.2) is 33.9 Å². The number of carbonyl (C=O) groups is 1. The van der Waals surface area contributed by atoms with Gasteiger partial charge < -0.3 is 4.74 Å². The summed E-state index contributed by atoms with van der Waals surface area (Å²) >= 11 is 2.20. The third-order valence-corrected chi connectivity index (χ3v) is 6.00. The molecule has 0 bridgehead atoms. The molecule has 6 nitrogen and oxygen atoms in total. The normalized spacial score (nSPS) is 26.8. The molecule has 0 radical (unpaired) electrons. The van der Waals surface area contributed by atoms with Crippen LogP contribution in [0.2, 0.25) is 0 Å². The second-order valence-corrected chi connectivity index (χ2v) is 8.67. The van der Waals surface area contributed by atoms with Gasteiger partial charge in [-0.05, 0) is 26.0 Å². The first kappa shape index (κ1) is 16.2. The minimum Gasteiger partial charge on any atom is -0.456 e. The second kappa shape index (κ2) is 5.19. The molecule has 0 N–H and O–H groups in total. The van der Waals surface area contributed by atoms with E-state index in [1.165, 1.54) is 16.3 Å². The number of halogens is 1. The average Bonchev–Trinajstić information content (AvgIpc) is 2.46. The van der Waals surface area contributed by atoms with E-state index < -0.39 is 15.0 Å². The molecule has 2 atom stereocenters. The molecule has 3 rings (SSSR count). The van der Waals surface area contributed by atoms with Gasteiger partial charge in [-0.15, -0.1) is 0 Å². The van der Waals surface area contributed by atoms with Gasteiger partial charge in [0.15, 0.2) is 0 Å². The third kappa shape index (κ3) is 2.41. The minimum absolute atomic E-state index is 0.144. The SMILES string of the molecule is CC(=O)O[C@@]1(C)Cn2c(=O)c3ccccc3c(=O)n2C[C@]1(C)I. The van der Waals surface area contributed by atoms with E-state index in [4.69, 9.17) is 4.74 Å². The van der Waals surface area contributed by atoms with Gasteiger partial charge in [0.1, 0.15) is 5.60 Å². The van der Waals surface area contributed by atoms with Crippen molar-refractivity contribution in [2.45, 2.75) is 42.9 Å². The monoisotopic (exact) mass is 428 g/mol. The van der Waals surface area contributed by atoms with E-state index in [-0.39, 0.29) is 24.2 Å². The first-order valence-corrected chi connectivity index (χ1v) is 8.35. The number of carbonyl (C=O) groups excluding carboxylic acids is 1. The number of aromatic nitrogens is 2. The molecule has 0 spiro atoms. The van der Waals surface area contributed by atoms with Crippen LogP contribution in [-0.2, 0) is 22.6 Å². The Balaban J connectivity index is 2.30. The quantitative estimate of drug-likeness (QED) is 0.394. The molecule has 7 heteroatoms. The number of nitrogens with zero attached hydrogens (tertiary/aromatic N) is 2. The van der Waals surface area contributed by atoms with Gasteiger partial charge in [-0.1, -0.05) is 34.7 Å². The average molecular weight is 428 g/mol. The van der Waals surface area contributed by atoms with Crippen molar-refractivity contribution in [3.05, 3.63) is 45.0 Å². The van der Waals surface area contributed by atoms with Crippen molar-refractivity contribution < 1.29 is 9.53 Å². The number of alkyl halides is 1. The van der Waals surface area contributed by atoms with Gasteiger partial charge in [0.25, 0.3) is 11.1 Å². The number of hydrogen-bond acceptors (Lipinski definition) is 4. The van der Waals surface area contributed by atoms with Crippen LogP contribution in [0.5, 0.6) is 0 Å². The van der Waals surface area contributed by atoms with Crippen LogP contribution in [0.3, 0.4) is 0 Å². The van der Waals surface area contributed by atoms with Crippen molar-refractivity contribution in [1.29, 1.82) is 0 Å². The minimum atomic E-state index is -0.877. The fourth-order valence-corrected chi connectivity index (χ4v) is 3.63. The molecule has 0 saturated carbocycles. The summed E-state index contributed by atoms with van der Waals surface area (Å²) in [4.78, 5) is 37.0. The Morgan fingerprint density at radius 3 is 2.04 bits per heavy atom. The molecule has 122 valence electrons. The molecule has 0 saturated heterocycles. The summed E-state index contributed by atoms with van der Waals surface area (Å²) < 4.78 is 7.88. The number of benzene rings is 1. The van der Waals surface area contributed by atoms with E-state index in [2.05, 4.69) is 22.6 Å². The van der Waals surface area contributed by atoms with E-state index in [1.807, 2.05) is 6.92 Å². The van der Waals surface area contributed by atoms with Crippen LogP contribution in [0.25, 0.3) is 10.8 Å². The topological polar surface area (TPSA) is 70.3 Å². The highest BCUT2D eigenvalue weighted by atomic mass is 127. The van der Waals surface area contributed by atoms with Gasteiger partial charge in [0.05, 0.1) is 27.3 Å². The van der Waals surface area contributed by atoms with Crippen LogP contribution < -0.4 is 11.1 Å². The Labute approximate surface area is 146 Å². The second-order valence-electron chi connectivity index (χ2n) is 6.29. The van der Waals surface area contributed by atoms with Gasteiger partial charge in [0, 0.05) is 6.92 Å². The zero-order valence-corrected chi connectivity index (χ0v) is 15.3. The van der Waals surface area contributed by atoms with Gasteiger partial charge >= 0.3 is 5.97 Å². The van der Waals surface area contributed by atoms with Gasteiger partial charge in [0.2, 0.25) is 0 Å². The lowest BCUT2D eigenvalue weighted by Gasteiger charge is -2.46. The highest BCUT2D eigenvalue weighted by Crippen LogP contribution is 2.39. The van der Waals surface area contributed by atoms with Crippen molar-refractivity contribution >= 4 is 39.3 Å². The fraction of sp³-hybridized carbons (Fsp3) is 0.438.